The van der Waals surface area contributed by atoms with Crippen LogP contribution in [0, 0.1) is 11.3 Å². The average Bonchev–Trinajstić information content (AvgIpc) is 3.10. The van der Waals surface area contributed by atoms with E-state index in [9.17, 15) is 5.26 Å². The topological polar surface area (TPSA) is 59.3 Å². The van der Waals surface area contributed by atoms with Crippen molar-refractivity contribution in [2.75, 3.05) is 48.9 Å². The lowest BCUT2D eigenvalue weighted by atomic mass is 10.2. The molecule has 1 aromatic heterocycles. The summed E-state index contributed by atoms with van der Waals surface area (Å²) in [6, 6.07) is 10.5. The molecule has 1 fully saturated rings. The van der Waals surface area contributed by atoms with E-state index in [1.54, 1.807) is 6.20 Å². The van der Waals surface area contributed by atoms with E-state index in [2.05, 4.69) is 48.8 Å². The van der Waals surface area contributed by atoms with Crippen LogP contribution >= 0.6 is 15.9 Å². The predicted molar refractivity (Wildman–Crippen MR) is 104 cm³/mol. The van der Waals surface area contributed by atoms with E-state index in [0.29, 0.717) is 17.6 Å². The maximum Gasteiger partial charge on any atom is 0.226 e. The van der Waals surface area contributed by atoms with Crippen molar-refractivity contribution in [2.45, 2.75) is 12.5 Å². The van der Waals surface area contributed by atoms with Gasteiger partial charge in [-0.05, 0) is 30.7 Å². The molecule has 1 aromatic carbocycles. The molecular weight excluding hydrogens is 380 g/mol. The predicted octanol–water partition coefficient (Wildman–Crippen LogP) is 2.89. The number of likely N-dealkylation sites (N-methyl/N-ethyl adjacent to an activating group) is 1. The first-order valence-electron chi connectivity index (χ1n) is 8.17. The van der Waals surface area contributed by atoms with Gasteiger partial charge in [0.15, 0.2) is 0 Å². The zero-order valence-electron chi connectivity index (χ0n) is 14.6. The Morgan fingerprint density at radius 2 is 2.08 bits per heavy atom. The summed E-state index contributed by atoms with van der Waals surface area (Å²) < 4.78 is 0.929. The number of nitriles is 1. The van der Waals surface area contributed by atoms with Crippen molar-refractivity contribution in [3.05, 3.63) is 40.5 Å². The van der Waals surface area contributed by atoms with E-state index in [1.165, 1.54) is 0 Å². The molecule has 2 aromatic rings. The molecule has 0 aliphatic carbocycles. The molecule has 0 radical (unpaired) electrons. The quantitative estimate of drug-likeness (QED) is 0.786. The van der Waals surface area contributed by atoms with Gasteiger partial charge in [0.2, 0.25) is 5.95 Å². The fraction of sp³-hybridized carbons (Fsp3) is 0.389. The Balaban J connectivity index is 1.77. The molecule has 0 saturated carbocycles. The smallest absolute Gasteiger partial charge is 0.226 e. The molecule has 3 rings (SSSR count). The molecule has 0 bridgehead atoms. The van der Waals surface area contributed by atoms with Crippen LogP contribution in [0.2, 0.25) is 0 Å². The van der Waals surface area contributed by atoms with Crippen molar-refractivity contribution in [1.29, 1.82) is 5.26 Å². The number of anilines is 3. The Labute approximate surface area is 156 Å². The number of aromatic nitrogens is 2. The minimum atomic E-state index is 0.347. The van der Waals surface area contributed by atoms with Gasteiger partial charge in [-0.3, -0.25) is 0 Å². The fourth-order valence-electron chi connectivity index (χ4n) is 3.09. The molecule has 25 heavy (non-hydrogen) atoms. The summed E-state index contributed by atoms with van der Waals surface area (Å²) in [7, 11) is 5.95. The highest BCUT2D eigenvalue weighted by molar-refractivity contribution is 9.10. The Hall–Kier alpha value is -2.33. The zero-order valence-corrected chi connectivity index (χ0v) is 16.2. The Morgan fingerprint density at radius 3 is 2.80 bits per heavy atom. The van der Waals surface area contributed by atoms with Crippen LogP contribution < -0.4 is 14.7 Å². The average molecular weight is 401 g/mol. The number of halogens is 1. The van der Waals surface area contributed by atoms with Gasteiger partial charge in [-0.15, -0.1) is 0 Å². The van der Waals surface area contributed by atoms with Gasteiger partial charge in [0.05, 0.1) is 11.3 Å². The van der Waals surface area contributed by atoms with Crippen LogP contribution in [-0.2, 0) is 0 Å². The first-order chi connectivity index (χ1) is 12.0. The van der Waals surface area contributed by atoms with Gasteiger partial charge in [-0.1, -0.05) is 15.9 Å². The maximum absolute atomic E-state index is 9.41. The van der Waals surface area contributed by atoms with E-state index in [0.717, 1.165) is 35.5 Å². The van der Waals surface area contributed by atoms with Gasteiger partial charge in [-0.25, -0.2) is 4.98 Å². The molecule has 1 aliphatic rings. The third kappa shape index (κ3) is 3.69. The van der Waals surface area contributed by atoms with Crippen LogP contribution in [0.15, 0.2) is 34.9 Å². The number of benzene rings is 1. The standard InChI is InChI=1S/C18H21BrN6/c1-23(2)18-21-8-6-17(22-18)24(3)15-7-9-25(12-15)16-5-4-14(19)10-13(16)11-20/h4-6,8,10,15H,7,9,12H2,1-3H3. The van der Waals surface area contributed by atoms with Crippen LogP contribution in [0.5, 0.6) is 0 Å². The number of hydrogen-bond acceptors (Lipinski definition) is 6. The van der Waals surface area contributed by atoms with Crippen molar-refractivity contribution >= 4 is 33.4 Å². The lowest BCUT2D eigenvalue weighted by Crippen LogP contribution is -2.35. The normalized spacial score (nSPS) is 16.6. The van der Waals surface area contributed by atoms with Crippen molar-refractivity contribution in [2.24, 2.45) is 0 Å². The Kier molecular flexibility index (Phi) is 5.09. The number of hydrogen-bond donors (Lipinski definition) is 0. The van der Waals surface area contributed by atoms with Crippen molar-refractivity contribution < 1.29 is 0 Å². The summed E-state index contributed by atoms with van der Waals surface area (Å²) in [6.45, 7) is 1.80. The number of rotatable bonds is 4. The first-order valence-corrected chi connectivity index (χ1v) is 8.96. The van der Waals surface area contributed by atoms with Gasteiger partial charge in [0.25, 0.3) is 0 Å². The molecule has 6 nitrogen and oxygen atoms in total. The highest BCUT2D eigenvalue weighted by atomic mass is 79.9. The molecule has 1 unspecified atom stereocenters. The molecule has 2 heterocycles. The summed E-state index contributed by atoms with van der Waals surface area (Å²) in [6.07, 6.45) is 2.82. The molecule has 0 spiro atoms. The summed E-state index contributed by atoms with van der Waals surface area (Å²) in [5.74, 6) is 1.63. The second kappa shape index (κ2) is 7.28. The SMILES string of the molecule is CN(C)c1nccc(N(C)C2CCN(c3ccc(Br)cc3C#N)C2)n1. The first kappa shape index (κ1) is 17.5. The Bertz CT molecular complexity index is 800. The highest BCUT2D eigenvalue weighted by Gasteiger charge is 2.28. The van der Waals surface area contributed by atoms with Crippen LogP contribution in [-0.4, -0.2) is 50.2 Å². The largest absolute Gasteiger partial charge is 0.368 e. The summed E-state index contributed by atoms with van der Waals surface area (Å²) in [4.78, 5) is 15.3. The molecule has 0 amide bonds. The van der Waals surface area contributed by atoms with Crippen molar-refractivity contribution in [1.82, 2.24) is 9.97 Å². The Morgan fingerprint density at radius 1 is 1.28 bits per heavy atom. The van der Waals surface area contributed by atoms with Crippen LogP contribution in [0.1, 0.15) is 12.0 Å². The van der Waals surface area contributed by atoms with E-state index >= 15 is 0 Å². The number of nitrogens with zero attached hydrogens (tertiary/aromatic N) is 6. The summed E-state index contributed by atoms with van der Waals surface area (Å²) in [5, 5.41) is 9.41. The van der Waals surface area contributed by atoms with Gasteiger partial charge >= 0.3 is 0 Å². The zero-order chi connectivity index (χ0) is 18.0. The molecule has 1 atom stereocenters. The van der Waals surface area contributed by atoms with Gasteiger partial charge in [0, 0.05) is 50.9 Å². The molecule has 0 N–H and O–H groups in total. The highest BCUT2D eigenvalue weighted by Crippen LogP contribution is 2.29. The second-order valence-electron chi connectivity index (χ2n) is 6.38. The van der Waals surface area contributed by atoms with Gasteiger partial charge < -0.3 is 14.7 Å². The lowest BCUT2D eigenvalue weighted by molar-refractivity contribution is 0.683. The van der Waals surface area contributed by atoms with Crippen molar-refractivity contribution in [3.63, 3.8) is 0 Å². The maximum atomic E-state index is 9.41. The van der Waals surface area contributed by atoms with Gasteiger partial charge in [0.1, 0.15) is 11.9 Å². The summed E-state index contributed by atoms with van der Waals surface area (Å²) in [5.41, 5.74) is 1.70. The van der Waals surface area contributed by atoms with E-state index < -0.39 is 0 Å². The van der Waals surface area contributed by atoms with E-state index in [1.807, 2.05) is 43.3 Å². The second-order valence-corrected chi connectivity index (χ2v) is 7.30. The van der Waals surface area contributed by atoms with Crippen LogP contribution in [0.25, 0.3) is 0 Å². The van der Waals surface area contributed by atoms with E-state index in [4.69, 9.17) is 0 Å². The molecule has 1 aliphatic heterocycles. The lowest BCUT2D eigenvalue weighted by Gasteiger charge is -2.27. The van der Waals surface area contributed by atoms with Crippen LogP contribution in [0.4, 0.5) is 17.5 Å². The van der Waals surface area contributed by atoms with Crippen molar-refractivity contribution in [3.8, 4) is 6.07 Å². The van der Waals surface area contributed by atoms with E-state index in [-0.39, 0.29) is 0 Å². The third-order valence-electron chi connectivity index (χ3n) is 4.52. The third-order valence-corrected chi connectivity index (χ3v) is 5.01. The molecule has 1 saturated heterocycles. The molecular formula is C18H21BrN6. The summed E-state index contributed by atoms with van der Waals surface area (Å²) >= 11 is 3.43. The minimum Gasteiger partial charge on any atom is -0.368 e. The minimum absolute atomic E-state index is 0.347. The monoisotopic (exact) mass is 400 g/mol. The molecule has 7 heteroatoms. The molecule has 130 valence electrons. The van der Waals surface area contributed by atoms with Crippen LogP contribution in [0.3, 0.4) is 0 Å². The van der Waals surface area contributed by atoms with Gasteiger partial charge in [-0.2, -0.15) is 10.2 Å². The fourth-order valence-corrected chi connectivity index (χ4v) is 3.45.